The van der Waals surface area contributed by atoms with E-state index in [1.54, 1.807) is 0 Å². The van der Waals surface area contributed by atoms with Gasteiger partial charge in [-0.2, -0.15) is 0 Å². The molecule has 0 saturated heterocycles. The SMILES string of the molecule is O=[S](=O)(O)[Na]. The van der Waals surface area contributed by atoms with Gasteiger partial charge >= 0.3 is 45.6 Å². The van der Waals surface area contributed by atoms with Crippen LogP contribution in [0.25, 0.3) is 0 Å². The molecule has 5 heteroatoms. The Balaban J connectivity index is 4.06. The van der Waals surface area contributed by atoms with Gasteiger partial charge in [-0.15, -0.1) is 0 Å². The normalized spacial score (nSPS) is 11.8. The van der Waals surface area contributed by atoms with Crippen molar-refractivity contribution in [3.05, 3.63) is 0 Å². The Labute approximate surface area is 45.5 Å². The second-order valence-electron chi connectivity index (χ2n) is 0.733. The van der Waals surface area contributed by atoms with Gasteiger partial charge < -0.3 is 0 Å². The standard InChI is InChI=1S/Na.HO3S/c;1-4(2)3/h;(H,1,2,3). The van der Waals surface area contributed by atoms with Crippen LogP contribution >= 0.6 is 0 Å². The third-order valence-corrected chi connectivity index (χ3v) is 0. The Kier molecular flexibility index (Phi) is 1.86. The molecule has 0 atom stereocenters. The van der Waals surface area contributed by atoms with Gasteiger partial charge in [0.05, 0.1) is 0 Å². The molecular formula is HNaO3S. The zero-order valence-corrected chi connectivity index (χ0v) is 5.49. The second-order valence-corrected chi connectivity index (χ2v) is 5.29. The van der Waals surface area contributed by atoms with Gasteiger partial charge in [-0.3, -0.25) is 0 Å². The van der Waals surface area contributed by atoms with Crippen molar-refractivity contribution in [2.45, 2.75) is 0 Å². The molecule has 0 saturated carbocycles. The molecule has 0 fully saturated rings. The molecule has 0 rings (SSSR count). The molecule has 0 spiro atoms. The summed E-state index contributed by atoms with van der Waals surface area (Å²) in [6.07, 6.45) is -3.53. The predicted octanol–water partition coefficient (Wildman–Crippen LogP) is -1.04. The van der Waals surface area contributed by atoms with Gasteiger partial charge in [-0.1, -0.05) is 0 Å². The van der Waals surface area contributed by atoms with Crippen LogP contribution in [0.5, 0.6) is 0 Å². The summed E-state index contributed by atoms with van der Waals surface area (Å²) in [6, 6.07) is 0. The molecule has 0 aliphatic carbocycles. The van der Waals surface area contributed by atoms with Crippen molar-refractivity contribution >= 4 is 32.6 Å². The first kappa shape index (κ1) is 5.91. The third kappa shape index (κ3) is 50.2. The molecule has 0 radical (unpaired) electrons. The van der Waals surface area contributed by atoms with E-state index in [-0.39, 0.29) is 26.4 Å². The number of hydrogen-bond acceptors (Lipinski definition) is 2. The molecule has 0 aromatic rings. The van der Waals surface area contributed by atoms with Crippen molar-refractivity contribution in [1.82, 2.24) is 0 Å². The summed E-state index contributed by atoms with van der Waals surface area (Å²) in [5, 5.41) is 0. The van der Waals surface area contributed by atoms with Crippen LogP contribution in [0.3, 0.4) is 0 Å². The molecule has 0 bridgehead atoms. The summed E-state index contributed by atoms with van der Waals surface area (Å²) in [5.41, 5.74) is 0. The molecule has 0 unspecified atom stereocenters. The molecule has 1 N–H and O–H groups in total. The van der Waals surface area contributed by atoms with E-state index >= 15 is 0 Å². The van der Waals surface area contributed by atoms with E-state index < -0.39 is 6.24 Å². The van der Waals surface area contributed by atoms with Gasteiger partial charge in [0.1, 0.15) is 0 Å². The first-order chi connectivity index (χ1) is 2.00. The fourth-order valence-electron chi connectivity index (χ4n) is 0. The Bertz CT molecular complexity index is 90.1. The van der Waals surface area contributed by atoms with Crippen molar-refractivity contribution in [1.29, 1.82) is 0 Å². The van der Waals surface area contributed by atoms with Crippen molar-refractivity contribution < 1.29 is 13.0 Å². The summed E-state index contributed by atoms with van der Waals surface area (Å²) >= 11 is -0.164. The molecule has 5 heavy (non-hydrogen) atoms. The average molecular weight is 104 g/mol. The van der Waals surface area contributed by atoms with E-state index in [1.807, 2.05) is 0 Å². The summed E-state index contributed by atoms with van der Waals surface area (Å²) < 4.78 is 26.1. The predicted molar refractivity (Wildman–Crippen MR) is 17.3 cm³/mol. The summed E-state index contributed by atoms with van der Waals surface area (Å²) in [6.45, 7) is 0. The van der Waals surface area contributed by atoms with Crippen molar-refractivity contribution in [3.8, 4) is 0 Å². The van der Waals surface area contributed by atoms with Crippen LogP contribution in [0.2, 0.25) is 0 Å². The van der Waals surface area contributed by atoms with Gasteiger partial charge in [0.15, 0.2) is 0 Å². The van der Waals surface area contributed by atoms with Gasteiger partial charge in [0, 0.05) is 0 Å². The molecule has 0 aromatic heterocycles. The fraction of sp³-hybridized carbons (Fsp3) is 0. The average Bonchev–Trinajstić information content (AvgIpc) is 0.722. The molecule has 0 amide bonds. The van der Waals surface area contributed by atoms with E-state index in [2.05, 4.69) is 0 Å². The Morgan fingerprint density at radius 1 is 1.60 bits per heavy atom. The minimum absolute atomic E-state index is 0.164. The van der Waals surface area contributed by atoms with Crippen LogP contribution in [-0.2, 0) is 6.24 Å². The summed E-state index contributed by atoms with van der Waals surface area (Å²) in [4.78, 5) is 0. The molecule has 0 heterocycles. The Hall–Kier alpha value is 0.910. The molecule has 0 aliphatic heterocycles. The third-order valence-electron chi connectivity index (χ3n) is 0. The van der Waals surface area contributed by atoms with Crippen LogP contribution in [0.1, 0.15) is 0 Å². The van der Waals surface area contributed by atoms with Crippen LogP contribution in [-0.4, -0.2) is 39.3 Å². The Morgan fingerprint density at radius 3 is 1.60 bits per heavy atom. The maximum absolute atomic E-state index is 9.25. The second kappa shape index (κ2) is 1.57. The molecule has 0 aromatic carbocycles. The van der Waals surface area contributed by atoms with E-state index in [0.29, 0.717) is 0 Å². The van der Waals surface area contributed by atoms with Crippen LogP contribution in [0.4, 0.5) is 0 Å². The minimum atomic E-state index is -3.53. The van der Waals surface area contributed by atoms with Gasteiger partial charge in [0.25, 0.3) is 0 Å². The van der Waals surface area contributed by atoms with Crippen LogP contribution < -0.4 is 0 Å². The van der Waals surface area contributed by atoms with Crippen molar-refractivity contribution in [3.63, 3.8) is 0 Å². The van der Waals surface area contributed by atoms with E-state index in [4.69, 9.17) is 4.55 Å². The molecule has 3 nitrogen and oxygen atoms in total. The quantitative estimate of drug-likeness (QED) is 0.315. The molecule has 26 valence electrons. The Morgan fingerprint density at radius 2 is 1.60 bits per heavy atom. The van der Waals surface area contributed by atoms with Crippen LogP contribution in [0, 0.1) is 0 Å². The van der Waals surface area contributed by atoms with E-state index in [0.717, 1.165) is 0 Å². The number of hydrogen-bond donors (Lipinski definition) is 1. The topological polar surface area (TPSA) is 54.4 Å². The monoisotopic (exact) mass is 104 g/mol. The zero-order valence-electron chi connectivity index (χ0n) is 2.67. The molecule has 0 aliphatic rings. The number of rotatable bonds is 0. The van der Waals surface area contributed by atoms with E-state index in [1.165, 1.54) is 0 Å². The first-order valence-electron chi connectivity index (χ1n) is 0.924. The van der Waals surface area contributed by atoms with Gasteiger partial charge in [-0.05, 0) is 0 Å². The summed E-state index contributed by atoms with van der Waals surface area (Å²) in [7, 11) is 0. The molecular weight excluding hydrogens is 103 g/mol. The van der Waals surface area contributed by atoms with Gasteiger partial charge in [-0.25, -0.2) is 0 Å². The van der Waals surface area contributed by atoms with Crippen molar-refractivity contribution in [2.75, 3.05) is 0 Å². The first-order valence-corrected chi connectivity index (χ1v) is 5.22. The van der Waals surface area contributed by atoms with Crippen molar-refractivity contribution in [2.24, 2.45) is 0 Å². The summed E-state index contributed by atoms with van der Waals surface area (Å²) in [5.74, 6) is 0. The fourth-order valence-corrected chi connectivity index (χ4v) is 0. The van der Waals surface area contributed by atoms with Gasteiger partial charge in [0.2, 0.25) is 0 Å². The maximum atomic E-state index is 9.25. The van der Waals surface area contributed by atoms with Crippen LogP contribution in [0.15, 0.2) is 0 Å². The zero-order chi connectivity index (χ0) is 4.50. The van der Waals surface area contributed by atoms with E-state index in [9.17, 15) is 8.42 Å².